The fraction of sp³-hybridized carbons (Fsp3) is 0.750. The first kappa shape index (κ1) is 25.7. The summed E-state index contributed by atoms with van der Waals surface area (Å²) in [5.41, 5.74) is 2.01. The van der Waals surface area contributed by atoms with Gasteiger partial charge in [-0.3, -0.25) is 4.90 Å². The monoisotopic (exact) mass is 406 g/mol. The maximum absolute atomic E-state index is 6.10. The van der Waals surface area contributed by atoms with Crippen LogP contribution < -0.4 is 0 Å². The summed E-state index contributed by atoms with van der Waals surface area (Å²) in [7, 11) is 8.28. The minimum Gasteiger partial charge on any atom is -0.355 e. The molecule has 5 nitrogen and oxygen atoms in total. The van der Waals surface area contributed by atoms with E-state index in [4.69, 9.17) is 4.74 Å². The third-order valence-corrected chi connectivity index (χ3v) is 6.76. The molecule has 1 fully saturated rings. The highest BCUT2D eigenvalue weighted by molar-refractivity contribution is 5.26. The first-order valence-corrected chi connectivity index (χ1v) is 11.1. The molecule has 1 aliphatic heterocycles. The van der Waals surface area contributed by atoms with Gasteiger partial charge in [0.1, 0.15) is 0 Å². The summed E-state index contributed by atoms with van der Waals surface area (Å²) >= 11 is 0. The molecule has 0 N–H and O–H groups in total. The molecular weight excluding hydrogens is 360 g/mol. The molecule has 29 heavy (non-hydrogen) atoms. The Bertz CT molecular complexity index is 563. The summed E-state index contributed by atoms with van der Waals surface area (Å²) in [6, 6.07) is 0.984. The minimum atomic E-state index is -0.520. The Kier molecular flexibility index (Phi) is 10.4. The van der Waals surface area contributed by atoms with Crippen molar-refractivity contribution in [2.75, 3.05) is 47.9 Å². The molecule has 168 valence electrons. The number of hydrogen-bond acceptors (Lipinski definition) is 5. The van der Waals surface area contributed by atoms with Crippen molar-refractivity contribution in [3.05, 3.63) is 36.3 Å². The summed E-state index contributed by atoms with van der Waals surface area (Å²) in [6.45, 7) is 18.3. The van der Waals surface area contributed by atoms with Gasteiger partial charge < -0.3 is 19.4 Å². The van der Waals surface area contributed by atoms with Gasteiger partial charge in [0, 0.05) is 51.6 Å². The Morgan fingerprint density at radius 3 is 2.24 bits per heavy atom. The lowest BCUT2D eigenvalue weighted by atomic mass is 9.95. The summed E-state index contributed by atoms with van der Waals surface area (Å²) in [5.74, 6) is 0. The van der Waals surface area contributed by atoms with E-state index in [1.807, 2.05) is 6.20 Å². The highest BCUT2D eigenvalue weighted by Crippen LogP contribution is 2.32. The van der Waals surface area contributed by atoms with E-state index in [-0.39, 0.29) is 0 Å². The predicted octanol–water partition coefficient (Wildman–Crippen LogP) is 4.36. The van der Waals surface area contributed by atoms with Crippen LogP contribution in [0.15, 0.2) is 36.3 Å². The molecule has 0 saturated carbocycles. The van der Waals surface area contributed by atoms with Crippen LogP contribution in [0.1, 0.15) is 53.9 Å². The zero-order chi connectivity index (χ0) is 22.2. The second-order valence-electron chi connectivity index (χ2n) is 8.48. The minimum absolute atomic E-state index is 0.300. The van der Waals surface area contributed by atoms with Gasteiger partial charge in [-0.1, -0.05) is 19.6 Å². The van der Waals surface area contributed by atoms with Gasteiger partial charge in [-0.2, -0.15) is 0 Å². The van der Waals surface area contributed by atoms with Crippen LogP contribution in [0, 0.1) is 0 Å². The van der Waals surface area contributed by atoms with Crippen LogP contribution in [0.25, 0.3) is 0 Å². The average Bonchev–Trinajstić information content (AvgIpc) is 2.74. The van der Waals surface area contributed by atoms with Gasteiger partial charge in [0.15, 0.2) is 5.72 Å². The molecule has 0 aromatic carbocycles. The Morgan fingerprint density at radius 1 is 1.24 bits per heavy atom. The lowest BCUT2D eigenvalue weighted by molar-refractivity contribution is -0.0605. The Hall–Kier alpha value is -1.30. The number of hydrogen-bond donors (Lipinski definition) is 0. The molecule has 0 aromatic rings. The van der Waals surface area contributed by atoms with Gasteiger partial charge in [0.05, 0.1) is 0 Å². The van der Waals surface area contributed by atoms with E-state index in [2.05, 4.69) is 94.2 Å². The van der Waals surface area contributed by atoms with Crippen molar-refractivity contribution in [2.45, 2.75) is 71.7 Å². The van der Waals surface area contributed by atoms with Gasteiger partial charge >= 0.3 is 0 Å². The fourth-order valence-electron chi connectivity index (χ4n) is 4.33. The largest absolute Gasteiger partial charge is 0.355 e. The molecule has 2 atom stereocenters. The van der Waals surface area contributed by atoms with Crippen LogP contribution in [0.5, 0.6) is 0 Å². The van der Waals surface area contributed by atoms with E-state index in [1.54, 1.807) is 7.11 Å². The number of likely N-dealkylation sites (N-methyl/N-ethyl adjacent to an activating group) is 2. The summed E-state index contributed by atoms with van der Waals surface area (Å²) in [4.78, 5) is 9.44. The van der Waals surface area contributed by atoms with Gasteiger partial charge in [0.2, 0.25) is 0 Å². The Balaban J connectivity index is 3.31. The first-order valence-electron chi connectivity index (χ1n) is 11.1. The zero-order valence-electron chi connectivity index (χ0n) is 20.5. The van der Waals surface area contributed by atoms with Crippen LogP contribution in [-0.2, 0) is 4.74 Å². The highest BCUT2D eigenvalue weighted by atomic mass is 16.5. The van der Waals surface area contributed by atoms with Gasteiger partial charge in [-0.25, -0.2) is 0 Å². The number of piperidine rings is 1. The normalized spacial score (nSPS) is 20.5. The number of likely N-dealkylation sites (tertiary alicyclic amines) is 1. The second kappa shape index (κ2) is 11.8. The van der Waals surface area contributed by atoms with Crippen molar-refractivity contribution >= 4 is 0 Å². The Morgan fingerprint density at radius 2 is 1.83 bits per heavy atom. The smallest absolute Gasteiger partial charge is 0.161 e. The molecule has 1 rings (SSSR count). The second-order valence-corrected chi connectivity index (χ2v) is 8.48. The molecular formula is C24H46N4O. The average molecular weight is 407 g/mol. The van der Waals surface area contributed by atoms with Crippen molar-refractivity contribution in [1.29, 1.82) is 0 Å². The van der Waals surface area contributed by atoms with E-state index in [9.17, 15) is 0 Å². The maximum atomic E-state index is 6.10. The van der Waals surface area contributed by atoms with Crippen LogP contribution >= 0.6 is 0 Å². The molecule has 0 aliphatic carbocycles. The van der Waals surface area contributed by atoms with E-state index in [0.29, 0.717) is 12.1 Å². The molecule has 0 spiro atoms. The first-order chi connectivity index (χ1) is 13.7. The standard InChI is InChI=1S/C24H46N4O/c1-11-14-17-26(9)24(6,29-10)20(4)23(27(12-2)13-3)21(5)28-18-15-22(16-19-28)25(7)8/h12,14,17,21-22H,2,11,13,15-16,18-19H2,1,3-10H3/b17-14-,23-20-. The van der Waals surface area contributed by atoms with Crippen LogP contribution in [0.2, 0.25) is 0 Å². The van der Waals surface area contributed by atoms with E-state index in [1.165, 1.54) is 24.1 Å². The Labute approximate surface area is 180 Å². The fourth-order valence-corrected chi connectivity index (χ4v) is 4.33. The number of methoxy groups -OCH3 is 1. The van der Waals surface area contributed by atoms with E-state index >= 15 is 0 Å². The summed E-state index contributed by atoms with van der Waals surface area (Å²) in [5, 5.41) is 0. The lowest BCUT2D eigenvalue weighted by Gasteiger charge is -2.45. The molecule has 0 aromatic heterocycles. The molecule has 1 heterocycles. The predicted molar refractivity (Wildman–Crippen MR) is 126 cm³/mol. The van der Waals surface area contributed by atoms with E-state index in [0.717, 1.165) is 26.1 Å². The molecule has 1 aliphatic rings. The van der Waals surface area contributed by atoms with Crippen molar-refractivity contribution in [2.24, 2.45) is 0 Å². The topological polar surface area (TPSA) is 22.2 Å². The zero-order valence-corrected chi connectivity index (χ0v) is 20.5. The highest BCUT2D eigenvalue weighted by Gasteiger charge is 2.36. The molecule has 1 saturated heterocycles. The quantitative estimate of drug-likeness (QED) is 0.474. The summed E-state index contributed by atoms with van der Waals surface area (Å²) in [6.07, 6.45) is 9.69. The third kappa shape index (κ3) is 6.09. The molecule has 2 unspecified atom stereocenters. The number of ether oxygens (including phenoxy) is 1. The van der Waals surface area contributed by atoms with Gasteiger partial charge in [-0.15, -0.1) is 0 Å². The lowest BCUT2D eigenvalue weighted by Crippen LogP contribution is -2.50. The van der Waals surface area contributed by atoms with Crippen molar-refractivity contribution in [3.8, 4) is 0 Å². The van der Waals surface area contributed by atoms with Crippen molar-refractivity contribution < 1.29 is 4.74 Å². The molecule has 0 amide bonds. The molecule has 5 heteroatoms. The van der Waals surface area contributed by atoms with Crippen LogP contribution in [-0.4, -0.2) is 85.3 Å². The van der Waals surface area contributed by atoms with Gasteiger partial charge in [-0.05, 0) is 79.0 Å². The number of allylic oxidation sites excluding steroid dienone is 1. The van der Waals surface area contributed by atoms with E-state index < -0.39 is 5.72 Å². The third-order valence-electron chi connectivity index (χ3n) is 6.76. The number of rotatable bonds is 11. The van der Waals surface area contributed by atoms with Crippen LogP contribution in [0.3, 0.4) is 0 Å². The molecule has 0 radical (unpaired) electrons. The van der Waals surface area contributed by atoms with Crippen molar-refractivity contribution in [1.82, 2.24) is 19.6 Å². The number of nitrogens with zero attached hydrogens (tertiary/aromatic N) is 4. The van der Waals surface area contributed by atoms with Crippen LogP contribution in [0.4, 0.5) is 0 Å². The summed E-state index contributed by atoms with van der Waals surface area (Å²) < 4.78 is 6.10. The maximum Gasteiger partial charge on any atom is 0.161 e. The molecule has 0 bridgehead atoms. The van der Waals surface area contributed by atoms with Gasteiger partial charge in [0.25, 0.3) is 0 Å². The SMILES string of the molecule is C=CN(CC)/C(=C(/C)C(C)(OC)N(C)/C=C\CC)C(C)N1CCC(N(C)C)CC1. The van der Waals surface area contributed by atoms with Crippen molar-refractivity contribution in [3.63, 3.8) is 0 Å².